The van der Waals surface area contributed by atoms with E-state index in [0.29, 0.717) is 19.7 Å². The van der Waals surface area contributed by atoms with Gasteiger partial charge >= 0.3 is 0 Å². The summed E-state index contributed by atoms with van der Waals surface area (Å²) in [5, 5.41) is 12.7. The van der Waals surface area contributed by atoms with E-state index in [2.05, 4.69) is 11.4 Å². The van der Waals surface area contributed by atoms with Crippen LogP contribution in [-0.2, 0) is 11.3 Å². The van der Waals surface area contributed by atoms with Crippen LogP contribution in [0.3, 0.4) is 0 Å². The lowest BCUT2D eigenvalue weighted by atomic mass is 10.1. The second-order valence-electron chi connectivity index (χ2n) is 4.06. The quantitative estimate of drug-likeness (QED) is 0.748. The van der Waals surface area contributed by atoms with Crippen molar-refractivity contribution in [2.45, 2.75) is 19.6 Å². The molecule has 4 nitrogen and oxygen atoms in total. The molecule has 0 aliphatic heterocycles. The Morgan fingerprint density at radius 3 is 2.76 bits per heavy atom. The topological polar surface area (TPSA) is 50.7 Å². The Hall–Kier alpha value is -1.10. The van der Waals surface area contributed by atoms with Gasteiger partial charge in [0.2, 0.25) is 0 Å². The monoisotopic (exact) mass is 239 g/mol. The molecule has 0 aromatic heterocycles. The molecule has 0 heterocycles. The largest absolute Gasteiger partial charge is 0.496 e. The van der Waals surface area contributed by atoms with E-state index in [1.54, 1.807) is 14.2 Å². The Kier molecular flexibility index (Phi) is 5.97. The van der Waals surface area contributed by atoms with Crippen molar-refractivity contribution in [3.05, 3.63) is 29.3 Å². The van der Waals surface area contributed by atoms with Crippen molar-refractivity contribution in [2.75, 3.05) is 27.4 Å². The molecule has 0 saturated heterocycles. The third kappa shape index (κ3) is 4.73. The van der Waals surface area contributed by atoms with Gasteiger partial charge in [0.1, 0.15) is 5.75 Å². The van der Waals surface area contributed by atoms with Crippen molar-refractivity contribution in [1.29, 1.82) is 0 Å². The van der Waals surface area contributed by atoms with Gasteiger partial charge in [-0.1, -0.05) is 17.7 Å². The van der Waals surface area contributed by atoms with Crippen molar-refractivity contribution in [2.24, 2.45) is 0 Å². The minimum Gasteiger partial charge on any atom is -0.496 e. The summed E-state index contributed by atoms with van der Waals surface area (Å²) in [6, 6.07) is 6.05. The predicted molar refractivity (Wildman–Crippen MR) is 67.3 cm³/mol. The summed E-state index contributed by atoms with van der Waals surface area (Å²) in [7, 11) is 3.24. The third-order valence-corrected chi connectivity index (χ3v) is 2.49. The van der Waals surface area contributed by atoms with Crippen molar-refractivity contribution < 1.29 is 14.6 Å². The zero-order valence-corrected chi connectivity index (χ0v) is 10.7. The summed E-state index contributed by atoms with van der Waals surface area (Å²) in [5.74, 6) is 0.865. The maximum atomic E-state index is 9.49. The predicted octanol–water partition coefficient (Wildman–Crippen LogP) is 1.10. The van der Waals surface area contributed by atoms with Gasteiger partial charge in [-0.15, -0.1) is 0 Å². The number of aliphatic hydroxyl groups excluding tert-OH is 1. The standard InChI is InChI=1S/C13H21NO3/c1-10-4-5-13(17-3)11(6-10)7-14-8-12(15)9-16-2/h4-6,12,14-15H,7-9H2,1-3H3. The van der Waals surface area contributed by atoms with Gasteiger partial charge in [0, 0.05) is 25.8 Å². The lowest BCUT2D eigenvalue weighted by Crippen LogP contribution is -2.29. The Morgan fingerprint density at radius 1 is 1.35 bits per heavy atom. The van der Waals surface area contributed by atoms with Gasteiger partial charge < -0.3 is 19.9 Å². The van der Waals surface area contributed by atoms with Crippen LogP contribution in [0.5, 0.6) is 5.75 Å². The molecule has 0 aliphatic rings. The van der Waals surface area contributed by atoms with Gasteiger partial charge in [0.25, 0.3) is 0 Å². The van der Waals surface area contributed by atoms with E-state index in [1.165, 1.54) is 5.56 Å². The number of ether oxygens (including phenoxy) is 2. The van der Waals surface area contributed by atoms with E-state index in [4.69, 9.17) is 9.47 Å². The highest BCUT2D eigenvalue weighted by atomic mass is 16.5. The van der Waals surface area contributed by atoms with E-state index in [1.807, 2.05) is 19.1 Å². The Bertz CT molecular complexity index is 341. The molecule has 1 aromatic rings. The van der Waals surface area contributed by atoms with Gasteiger partial charge in [0.05, 0.1) is 19.8 Å². The molecule has 0 bridgehead atoms. The highest BCUT2D eigenvalue weighted by molar-refractivity contribution is 5.36. The molecular weight excluding hydrogens is 218 g/mol. The SMILES string of the molecule is COCC(O)CNCc1cc(C)ccc1OC. The van der Waals surface area contributed by atoms with Crippen LogP contribution in [0, 0.1) is 6.92 Å². The van der Waals surface area contributed by atoms with E-state index < -0.39 is 6.10 Å². The van der Waals surface area contributed by atoms with Crippen LogP contribution < -0.4 is 10.1 Å². The summed E-state index contributed by atoms with van der Waals surface area (Å²) >= 11 is 0. The van der Waals surface area contributed by atoms with E-state index in [-0.39, 0.29) is 0 Å². The zero-order chi connectivity index (χ0) is 12.7. The lowest BCUT2D eigenvalue weighted by molar-refractivity contribution is 0.0644. The molecule has 0 spiro atoms. The summed E-state index contributed by atoms with van der Waals surface area (Å²) in [4.78, 5) is 0. The minimum absolute atomic E-state index is 0.345. The Labute approximate surface area is 103 Å². The smallest absolute Gasteiger partial charge is 0.123 e. The second-order valence-corrected chi connectivity index (χ2v) is 4.06. The van der Waals surface area contributed by atoms with Crippen LogP contribution in [0.15, 0.2) is 18.2 Å². The van der Waals surface area contributed by atoms with Gasteiger partial charge in [0.15, 0.2) is 0 Å². The summed E-state index contributed by atoms with van der Waals surface area (Å²) in [6.45, 7) is 3.57. The molecule has 1 rings (SSSR count). The van der Waals surface area contributed by atoms with Crippen LogP contribution in [0.4, 0.5) is 0 Å². The molecular formula is C13H21NO3. The molecule has 0 aliphatic carbocycles. The lowest BCUT2D eigenvalue weighted by Gasteiger charge is -2.13. The maximum absolute atomic E-state index is 9.49. The fourth-order valence-corrected chi connectivity index (χ4v) is 1.67. The fraction of sp³-hybridized carbons (Fsp3) is 0.538. The average molecular weight is 239 g/mol. The van der Waals surface area contributed by atoms with Crippen molar-refractivity contribution in [3.8, 4) is 5.75 Å². The Balaban J connectivity index is 2.48. The van der Waals surface area contributed by atoms with Gasteiger partial charge in [-0.3, -0.25) is 0 Å². The molecule has 0 saturated carbocycles. The Morgan fingerprint density at radius 2 is 2.12 bits per heavy atom. The number of rotatable bonds is 7. The first kappa shape index (κ1) is 14.0. The van der Waals surface area contributed by atoms with Crippen LogP contribution in [0.25, 0.3) is 0 Å². The van der Waals surface area contributed by atoms with Crippen molar-refractivity contribution in [3.63, 3.8) is 0 Å². The van der Waals surface area contributed by atoms with Crippen LogP contribution >= 0.6 is 0 Å². The summed E-state index contributed by atoms with van der Waals surface area (Å²) in [6.07, 6.45) is -0.476. The second kappa shape index (κ2) is 7.27. The van der Waals surface area contributed by atoms with E-state index in [9.17, 15) is 5.11 Å². The number of hydrogen-bond acceptors (Lipinski definition) is 4. The minimum atomic E-state index is -0.476. The zero-order valence-electron chi connectivity index (χ0n) is 10.7. The molecule has 1 unspecified atom stereocenters. The van der Waals surface area contributed by atoms with Crippen molar-refractivity contribution in [1.82, 2.24) is 5.32 Å². The summed E-state index contributed by atoms with van der Waals surface area (Å²) in [5.41, 5.74) is 2.29. The van der Waals surface area contributed by atoms with E-state index in [0.717, 1.165) is 11.3 Å². The van der Waals surface area contributed by atoms with Crippen LogP contribution in [0.2, 0.25) is 0 Å². The molecule has 0 radical (unpaired) electrons. The van der Waals surface area contributed by atoms with Gasteiger partial charge in [-0.05, 0) is 13.0 Å². The first-order chi connectivity index (χ1) is 8.17. The number of aliphatic hydroxyl groups is 1. The van der Waals surface area contributed by atoms with E-state index >= 15 is 0 Å². The highest BCUT2D eigenvalue weighted by Gasteiger charge is 2.05. The number of nitrogens with one attached hydrogen (secondary N) is 1. The highest BCUT2D eigenvalue weighted by Crippen LogP contribution is 2.19. The average Bonchev–Trinajstić information content (AvgIpc) is 2.30. The molecule has 1 atom stereocenters. The summed E-state index contributed by atoms with van der Waals surface area (Å²) < 4.78 is 10.1. The molecule has 96 valence electrons. The van der Waals surface area contributed by atoms with Crippen LogP contribution in [0.1, 0.15) is 11.1 Å². The third-order valence-electron chi connectivity index (χ3n) is 2.49. The number of hydrogen-bond donors (Lipinski definition) is 2. The maximum Gasteiger partial charge on any atom is 0.123 e. The molecule has 4 heteroatoms. The molecule has 2 N–H and O–H groups in total. The first-order valence-corrected chi connectivity index (χ1v) is 5.68. The molecule has 0 fully saturated rings. The van der Waals surface area contributed by atoms with Crippen LogP contribution in [-0.4, -0.2) is 38.6 Å². The van der Waals surface area contributed by atoms with Crippen molar-refractivity contribution >= 4 is 0 Å². The molecule has 0 amide bonds. The fourth-order valence-electron chi connectivity index (χ4n) is 1.67. The number of benzene rings is 1. The number of methoxy groups -OCH3 is 2. The molecule has 1 aromatic carbocycles. The molecule has 17 heavy (non-hydrogen) atoms. The first-order valence-electron chi connectivity index (χ1n) is 5.68. The normalized spacial score (nSPS) is 12.5. The number of aryl methyl sites for hydroxylation is 1. The van der Waals surface area contributed by atoms with Gasteiger partial charge in [-0.25, -0.2) is 0 Å². The van der Waals surface area contributed by atoms with Gasteiger partial charge in [-0.2, -0.15) is 0 Å².